The van der Waals surface area contributed by atoms with Crippen LogP contribution in [0.1, 0.15) is 33.1 Å². The lowest BCUT2D eigenvalue weighted by Gasteiger charge is -1.99. The van der Waals surface area contributed by atoms with Crippen molar-refractivity contribution in [1.29, 1.82) is 0 Å². The first-order valence-electron chi connectivity index (χ1n) is 5.44. The minimum atomic E-state index is -0.249. The average Bonchev–Trinajstić information content (AvgIpc) is 2.94. The summed E-state index contributed by atoms with van der Waals surface area (Å²) in [5.41, 5.74) is 0. The molecule has 0 fully saturated rings. The molecular weight excluding hydrogens is 236 g/mol. The molecule has 6 heteroatoms. The Bertz CT molecular complexity index is 517. The summed E-state index contributed by atoms with van der Waals surface area (Å²) >= 11 is 1.71. The summed E-state index contributed by atoms with van der Waals surface area (Å²) in [5, 5.41) is 9.24. The van der Waals surface area contributed by atoms with Gasteiger partial charge in [0.1, 0.15) is 5.82 Å². The number of amides is 1. The Hall–Kier alpha value is -1.69. The highest BCUT2D eigenvalue weighted by atomic mass is 32.1. The molecule has 0 aliphatic carbocycles. The molecular formula is C11H14N4OS. The van der Waals surface area contributed by atoms with E-state index in [-0.39, 0.29) is 11.7 Å². The van der Waals surface area contributed by atoms with Crippen LogP contribution in [0.2, 0.25) is 0 Å². The summed E-state index contributed by atoms with van der Waals surface area (Å²) in [4.78, 5) is 18.1. The summed E-state index contributed by atoms with van der Waals surface area (Å²) in [6.45, 7) is 4.40. The van der Waals surface area contributed by atoms with Crippen LogP contribution in [0.5, 0.6) is 0 Å². The number of carbonyl (C=O) groups excluding carboxylic acids is 1. The summed E-state index contributed by atoms with van der Waals surface area (Å²) in [6, 6.07) is 4.12. The Morgan fingerprint density at radius 3 is 2.82 bits per heavy atom. The van der Waals surface area contributed by atoms with Crippen molar-refractivity contribution in [3.8, 4) is 0 Å². The fraction of sp³-hybridized carbons (Fsp3) is 0.364. The maximum atomic E-state index is 11.7. The predicted molar refractivity (Wildman–Crippen MR) is 66.0 cm³/mol. The van der Waals surface area contributed by atoms with Crippen LogP contribution in [0.15, 0.2) is 12.1 Å². The summed E-state index contributed by atoms with van der Waals surface area (Å²) in [7, 11) is 0. The van der Waals surface area contributed by atoms with Gasteiger partial charge in [0.15, 0.2) is 0 Å². The fourth-order valence-corrected chi connectivity index (χ4v) is 2.30. The molecule has 0 atom stereocenters. The summed E-state index contributed by atoms with van der Waals surface area (Å²) in [5.74, 6) is 0.579. The van der Waals surface area contributed by atoms with Crippen LogP contribution < -0.4 is 5.32 Å². The standard InChI is InChI=1S/C11H14N4OS/c1-3-8-4-5-9(17-8)6-12-11(16)10-13-7(2)14-15-10/h4-5H,3,6H2,1-2H3,(H,12,16)(H,13,14,15). The highest BCUT2D eigenvalue weighted by Gasteiger charge is 2.10. The number of aryl methyl sites for hydroxylation is 2. The summed E-state index contributed by atoms with van der Waals surface area (Å²) < 4.78 is 0. The van der Waals surface area contributed by atoms with Gasteiger partial charge in [-0.1, -0.05) is 6.92 Å². The van der Waals surface area contributed by atoms with E-state index in [1.165, 1.54) is 4.88 Å². The van der Waals surface area contributed by atoms with Crippen LogP contribution in [-0.4, -0.2) is 21.1 Å². The molecule has 2 aromatic rings. The number of rotatable bonds is 4. The number of aromatic nitrogens is 3. The third-order valence-electron chi connectivity index (χ3n) is 2.29. The number of nitrogens with zero attached hydrogens (tertiary/aromatic N) is 2. The molecule has 2 heterocycles. The van der Waals surface area contributed by atoms with Gasteiger partial charge in [-0.15, -0.1) is 16.4 Å². The van der Waals surface area contributed by atoms with Crippen molar-refractivity contribution in [2.75, 3.05) is 0 Å². The zero-order valence-electron chi connectivity index (χ0n) is 9.78. The SMILES string of the molecule is CCc1ccc(CNC(=O)c2n[nH]c(C)n2)s1. The number of thiophene rings is 1. The molecule has 0 bridgehead atoms. The number of hydrogen-bond acceptors (Lipinski definition) is 4. The molecule has 0 saturated heterocycles. The lowest BCUT2D eigenvalue weighted by atomic mass is 10.3. The van der Waals surface area contributed by atoms with Crippen LogP contribution in [-0.2, 0) is 13.0 Å². The maximum Gasteiger partial charge on any atom is 0.291 e. The van der Waals surface area contributed by atoms with Gasteiger partial charge in [0.25, 0.3) is 5.91 Å². The van der Waals surface area contributed by atoms with E-state index in [4.69, 9.17) is 0 Å². The first-order valence-corrected chi connectivity index (χ1v) is 6.25. The molecule has 17 heavy (non-hydrogen) atoms. The zero-order chi connectivity index (χ0) is 12.3. The van der Waals surface area contributed by atoms with Gasteiger partial charge < -0.3 is 5.32 Å². The maximum absolute atomic E-state index is 11.7. The van der Waals surface area contributed by atoms with Gasteiger partial charge in [-0.25, -0.2) is 4.98 Å². The van der Waals surface area contributed by atoms with E-state index in [2.05, 4.69) is 33.5 Å². The van der Waals surface area contributed by atoms with Crippen LogP contribution in [0, 0.1) is 6.92 Å². The average molecular weight is 250 g/mol. The third-order valence-corrected chi connectivity index (χ3v) is 3.52. The minimum absolute atomic E-state index is 0.190. The first-order chi connectivity index (χ1) is 8.19. The second-order valence-corrected chi connectivity index (χ2v) is 4.90. The van der Waals surface area contributed by atoms with Gasteiger partial charge in [0, 0.05) is 9.75 Å². The van der Waals surface area contributed by atoms with Crippen LogP contribution in [0.4, 0.5) is 0 Å². The van der Waals surface area contributed by atoms with E-state index in [1.807, 2.05) is 6.07 Å². The molecule has 0 unspecified atom stereocenters. The van der Waals surface area contributed by atoms with E-state index in [0.717, 1.165) is 11.3 Å². The van der Waals surface area contributed by atoms with Gasteiger partial charge in [0.05, 0.1) is 6.54 Å². The van der Waals surface area contributed by atoms with Gasteiger partial charge in [-0.05, 0) is 25.5 Å². The smallest absolute Gasteiger partial charge is 0.291 e. The number of aromatic amines is 1. The molecule has 2 aromatic heterocycles. The molecule has 0 saturated carbocycles. The van der Waals surface area contributed by atoms with Crippen LogP contribution in [0.3, 0.4) is 0 Å². The van der Waals surface area contributed by atoms with Crippen molar-refractivity contribution in [1.82, 2.24) is 20.5 Å². The van der Waals surface area contributed by atoms with Crippen molar-refractivity contribution in [3.05, 3.63) is 33.5 Å². The number of H-pyrrole nitrogens is 1. The zero-order valence-corrected chi connectivity index (χ0v) is 10.6. The molecule has 0 spiro atoms. The molecule has 90 valence electrons. The Kier molecular flexibility index (Phi) is 3.53. The lowest BCUT2D eigenvalue weighted by Crippen LogP contribution is -2.23. The predicted octanol–water partition coefficient (Wildman–Crippen LogP) is 1.67. The van der Waals surface area contributed by atoms with Gasteiger partial charge in [-0.3, -0.25) is 9.89 Å². The first kappa shape index (κ1) is 11.8. The van der Waals surface area contributed by atoms with Crippen molar-refractivity contribution < 1.29 is 4.79 Å². The monoisotopic (exact) mass is 250 g/mol. The van der Waals surface area contributed by atoms with E-state index >= 15 is 0 Å². The van der Waals surface area contributed by atoms with Crippen molar-refractivity contribution >= 4 is 17.2 Å². The second-order valence-electron chi connectivity index (χ2n) is 3.65. The number of nitrogens with one attached hydrogen (secondary N) is 2. The highest BCUT2D eigenvalue weighted by molar-refractivity contribution is 7.11. The molecule has 5 nitrogen and oxygen atoms in total. The minimum Gasteiger partial charge on any atom is -0.344 e. The van der Waals surface area contributed by atoms with Gasteiger partial charge >= 0.3 is 0 Å². The van der Waals surface area contributed by atoms with Crippen molar-refractivity contribution in [2.45, 2.75) is 26.8 Å². The lowest BCUT2D eigenvalue weighted by molar-refractivity contribution is 0.0941. The van der Waals surface area contributed by atoms with E-state index < -0.39 is 0 Å². The third kappa shape index (κ3) is 2.91. The number of carbonyl (C=O) groups is 1. The summed E-state index contributed by atoms with van der Waals surface area (Å²) in [6.07, 6.45) is 1.03. The van der Waals surface area contributed by atoms with E-state index in [0.29, 0.717) is 12.4 Å². The highest BCUT2D eigenvalue weighted by Crippen LogP contribution is 2.16. The largest absolute Gasteiger partial charge is 0.344 e. The molecule has 0 radical (unpaired) electrons. The van der Waals surface area contributed by atoms with Crippen LogP contribution >= 0.6 is 11.3 Å². The fourth-order valence-electron chi connectivity index (χ4n) is 1.40. The second kappa shape index (κ2) is 5.09. The van der Waals surface area contributed by atoms with Crippen LogP contribution in [0.25, 0.3) is 0 Å². The van der Waals surface area contributed by atoms with Crippen molar-refractivity contribution in [2.24, 2.45) is 0 Å². The van der Waals surface area contributed by atoms with E-state index in [1.54, 1.807) is 18.3 Å². The Morgan fingerprint density at radius 2 is 2.24 bits per heavy atom. The molecule has 0 aromatic carbocycles. The Balaban J connectivity index is 1.92. The van der Waals surface area contributed by atoms with Crippen molar-refractivity contribution in [3.63, 3.8) is 0 Å². The Labute approximate surface area is 103 Å². The molecule has 2 N–H and O–H groups in total. The van der Waals surface area contributed by atoms with Gasteiger partial charge in [-0.2, -0.15) is 0 Å². The molecule has 2 rings (SSSR count). The Morgan fingerprint density at radius 1 is 1.47 bits per heavy atom. The topological polar surface area (TPSA) is 70.7 Å². The normalized spacial score (nSPS) is 10.5. The van der Waals surface area contributed by atoms with E-state index in [9.17, 15) is 4.79 Å². The van der Waals surface area contributed by atoms with Gasteiger partial charge in [0.2, 0.25) is 5.82 Å². The molecule has 0 aliphatic heterocycles. The number of hydrogen-bond donors (Lipinski definition) is 2. The quantitative estimate of drug-likeness (QED) is 0.867. The molecule has 1 amide bonds. The molecule has 0 aliphatic rings.